The van der Waals surface area contributed by atoms with E-state index < -0.39 is 0 Å². The molecule has 1 rings (SSSR count). The number of esters is 1. The van der Waals surface area contributed by atoms with Crippen molar-refractivity contribution < 1.29 is 14.3 Å². The first kappa shape index (κ1) is 16.3. The lowest BCUT2D eigenvalue weighted by molar-refractivity contribution is -0.139. The minimum atomic E-state index is -0.251. The Bertz CT molecular complexity index is 290. The van der Waals surface area contributed by atoms with Gasteiger partial charge >= 0.3 is 5.97 Å². The van der Waals surface area contributed by atoms with Crippen molar-refractivity contribution in [2.24, 2.45) is 5.92 Å². The molecule has 0 saturated heterocycles. The van der Waals surface area contributed by atoms with Gasteiger partial charge in [-0.15, -0.1) is 11.8 Å². The second-order valence-electron chi connectivity index (χ2n) is 5.01. The Morgan fingerprint density at radius 3 is 2.63 bits per heavy atom. The van der Waals surface area contributed by atoms with Crippen LogP contribution in [0.3, 0.4) is 0 Å². The van der Waals surface area contributed by atoms with Crippen LogP contribution in [0.5, 0.6) is 0 Å². The molecule has 0 bridgehead atoms. The van der Waals surface area contributed by atoms with Crippen LogP contribution in [0.25, 0.3) is 0 Å². The summed E-state index contributed by atoms with van der Waals surface area (Å²) in [5.41, 5.74) is 0. The molecule has 0 aromatic rings. The molecular weight excluding hydrogens is 262 g/mol. The van der Waals surface area contributed by atoms with Gasteiger partial charge in [0.05, 0.1) is 17.6 Å². The Morgan fingerprint density at radius 1 is 1.32 bits per heavy atom. The van der Waals surface area contributed by atoms with Gasteiger partial charge in [0.15, 0.2) is 0 Å². The highest BCUT2D eigenvalue weighted by Gasteiger charge is 2.18. The fraction of sp³-hybridized carbons (Fsp3) is 0.857. The average molecular weight is 287 g/mol. The Morgan fingerprint density at radius 2 is 2.00 bits per heavy atom. The first-order chi connectivity index (χ1) is 9.13. The van der Waals surface area contributed by atoms with Crippen molar-refractivity contribution >= 4 is 23.6 Å². The lowest BCUT2D eigenvalue weighted by Gasteiger charge is -2.22. The van der Waals surface area contributed by atoms with Crippen LogP contribution in [0.4, 0.5) is 0 Å². The van der Waals surface area contributed by atoms with E-state index in [1.165, 1.54) is 43.9 Å². The van der Waals surface area contributed by atoms with Gasteiger partial charge in [-0.05, 0) is 32.6 Å². The van der Waals surface area contributed by atoms with Gasteiger partial charge in [0.2, 0.25) is 5.91 Å². The number of nitrogens with one attached hydrogen (secondary N) is 1. The molecule has 0 heterocycles. The number of carbonyl (C=O) groups is 2. The topological polar surface area (TPSA) is 55.4 Å². The summed E-state index contributed by atoms with van der Waals surface area (Å²) in [4.78, 5) is 23.1. The fourth-order valence-electron chi connectivity index (χ4n) is 2.25. The summed E-state index contributed by atoms with van der Waals surface area (Å²) in [6.07, 6.45) is 6.35. The zero-order chi connectivity index (χ0) is 14.1. The van der Waals surface area contributed by atoms with Crippen LogP contribution in [0, 0.1) is 5.92 Å². The molecule has 0 radical (unpaired) electrons. The van der Waals surface area contributed by atoms with Gasteiger partial charge in [-0.3, -0.25) is 9.59 Å². The van der Waals surface area contributed by atoms with Crippen molar-refractivity contribution in [1.29, 1.82) is 0 Å². The summed E-state index contributed by atoms with van der Waals surface area (Å²) in [5, 5.41) is 2.80. The largest absolute Gasteiger partial charge is 0.465 e. The number of amides is 1. The first-order valence-electron chi connectivity index (χ1n) is 7.18. The molecule has 19 heavy (non-hydrogen) atoms. The summed E-state index contributed by atoms with van der Waals surface area (Å²) in [6.45, 7) is 4.79. The van der Waals surface area contributed by atoms with Crippen LogP contribution >= 0.6 is 11.8 Å². The third-order valence-corrected chi connectivity index (χ3v) is 4.53. The monoisotopic (exact) mass is 287 g/mol. The van der Waals surface area contributed by atoms with Crippen LogP contribution in [-0.4, -0.2) is 36.0 Å². The normalized spacial score (nSPS) is 17.8. The lowest BCUT2D eigenvalue weighted by Crippen LogP contribution is -2.35. The molecule has 1 aliphatic rings. The fourth-order valence-corrected chi connectivity index (χ4v) is 2.96. The summed E-state index contributed by atoms with van der Waals surface area (Å²) in [6, 6.07) is 0. The van der Waals surface area contributed by atoms with E-state index in [4.69, 9.17) is 4.74 Å². The van der Waals surface area contributed by atoms with Crippen LogP contribution in [0.2, 0.25) is 0 Å². The Hall–Kier alpha value is -0.710. The van der Waals surface area contributed by atoms with Crippen LogP contribution < -0.4 is 5.32 Å². The summed E-state index contributed by atoms with van der Waals surface area (Å²) in [5.74, 6) is 0.658. The molecule has 1 aliphatic carbocycles. The van der Waals surface area contributed by atoms with E-state index in [0.717, 1.165) is 6.54 Å². The molecule has 0 aromatic carbocycles. The van der Waals surface area contributed by atoms with Gasteiger partial charge in [-0.2, -0.15) is 0 Å². The molecule has 4 nitrogen and oxygen atoms in total. The number of hydrogen-bond donors (Lipinski definition) is 1. The van der Waals surface area contributed by atoms with E-state index in [2.05, 4.69) is 5.32 Å². The van der Waals surface area contributed by atoms with E-state index in [1.807, 2.05) is 6.92 Å². The predicted molar refractivity (Wildman–Crippen MR) is 78.1 cm³/mol. The van der Waals surface area contributed by atoms with E-state index in [-0.39, 0.29) is 22.9 Å². The molecule has 0 spiro atoms. The average Bonchev–Trinajstić information content (AvgIpc) is 2.43. The lowest BCUT2D eigenvalue weighted by atomic mass is 9.89. The van der Waals surface area contributed by atoms with Crippen LogP contribution in [-0.2, 0) is 14.3 Å². The molecule has 1 fully saturated rings. The minimum Gasteiger partial charge on any atom is -0.465 e. The van der Waals surface area contributed by atoms with Crippen molar-refractivity contribution in [3.8, 4) is 0 Å². The second kappa shape index (κ2) is 9.23. The molecule has 0 aromatic heterocycles. The van der Waals surface area contributed by atoms with E-state index >= 15 is 0 Å². The van der Waals surface area contributed by atoms with E-state index in [9.17, 15) is 9.59 Å². The van der Waals surface area contributed by atoms with Crippen molar-refractivity contribution in [3.05, 3.63) is 0 Å². The molecule has 1 amide bonds. The van der Waals surface area contributed by atoms with Gasteiger partial charge in [-0.1, -0.05) is 19.3 Å². The van der Waals surface area contributed by atoms with Gasteiger partial charge < -0.3 is 10.1 Å². The highest BCUT2D eigenvalue weighted by atomic mass is 32.2. The Balaban J connectivity index is 2.15. The minimum absolute atomic E-state index is 0.0277. The van der Waals surface area contributed by atoms with Crippen LogP contribution in [0.15, 0.2) is 0 Å². The van der Waals surface area contributed by atoms with Crippen molar-refractivity contribution in [2.45, 2.75) is 51.2 Å². The maximum atomic E-state index is 11.9. The SMILES string of the molecule is CCOC(=O)CS[C@@H](C)C(=O)NCC1CCCCC1. The standard InChI is InChI=1S/C14H25NO3S/c1-3-18-13(16)10-19-11(2)14(17)15-9-12-7-5-4-6-8-12/h11-12H,3-10H2,1-2H3,(H,15,17)/t11-/m0/s1. The second-order valence-corrected chi connectivity index (χ2v) is 6.34. The molecule has 1 N–H and O–H groups in total. The quantitative estimate of drug-likeness (QED) is 0.730. The molecule has 110 valence electrons. The van der Waals surface area contributed by atoms with Crippen molar-refractivity contribution in [2.75, 3.05) is 18.9 Å². The maximum Gasteiger partial charge on any atom is 0.315 e. The zero-order valence-corrected chi connectivity index (χ0v) is 12.8. The molecule has 5 heteroatoms. The number of carbonyl (C=O) groups excluding carboxylic acids is 2. The van der Waals surface area contributed by atoms with Crippen molar-refractivity contribution in [3.63, 3.8) is 0 Å². The maximum absolute atomic E-state index is 11.9. The van der Waals surface area contributed by atoms with E-state index in [1.54, 1.807) is 6.92 Å². The summed E-state index contributed by atoms with van der Waals surface area (Å²) < 4.78 is 4.84. The van der Waals surface area contributed by atoms with Gasteiger partial charge in [0.25, 0.3) is 0 Å². The summed E-state index contributed by atoms with van der Waals surface area (Å²) >= 11 is 1.33. The molecule has 0 unspecified atom stereocenters. The molecule has 0 aliphatic heterocycles. The Kier molecular flexibility index (Phi) is 7.94. The highest BCUT2D eigenvalue weighted by Crippen LogP contribution is 2.22. The smallest absolute Gasteiger partial charge is 0.315 e. The Labute approximate surface area is 120 Å². The summed E-state index contributed by atoms with van der Waals surface area (Å²) in [7, 11) is 0. The highest BCUT2D eigenvalue weighted by molar-refractivity contribution is 8.01. The van der Waals surface area contributed by atoms with E-state index in [0.29, 0.717) is 12.5 Å². The number of ether oxygens (including phenoxy) is 1. The number of thioether (sulfide) groups is 1. The molecule has 1 saturated carbocycles. The van der Waals surface area contributed by atoms with Crippen molar-refractivity contribution in [1.82, 2.24) is 5.32 Å². The zero-order valence-electron chi connectivity index (χ0n) is 11.9. The number of hydrogen-bond acceptors (Lipinski definition) is 4. The predicted octanol–water partition coefficient (Wildman–Crippen LogP) is 2.37. The number of rotatable bonds is 7. The molecule has 1 atom stereocenters. The van der Waals surface area contributed by atoms with Gasteiger partial charge in [0.1, 0.15) is 0 Å². The van der Waals surface area contributed by atoms with Gasteiger partial charge in [-0.25, -0.2) is 0 Å². The first-order valence-corrected chi connectivity index (χ1v) is 8.23. The van der Waals surface area contributed by atoms with Gasteiger partial charge in [0, 0.05) is 6.54 Å². The third kappa shape index (κ3) is 6.85. The van der Waals surface area contributed by atoms with Crippen LogP contribution in [0.1, 0.15) is 46.0 Å². The third-order valence-electron chi connectivity index (χ3n) is 3.42. The molecular formula is C14H25NO3S.